The van der Waals surface area contributed by atoms with Gasteiger partial charge in [0.1, 0.15) is 5.69 Å². The third kappa shape index (κ3) is 3.10. The standard InChI is InChI=1S/C10H10N4O2S/c1-6-4-8(15)14-10(13-6)17-9(16)7-5-11-2-3-12-7/h2-3,5-6H,4H2,1H3,(H,13,14,15)/t6-/m0/s1. The minimum atomic E-state index is -0.286. The molecule has 0 unspecified atom stereocenters. The Hall–Kier alpha value is -1.76. The molecule has 88 valence electrons. The van der Waals surface area contributed by atoms with Crippen LogP contribution in [-0.2, 0) is 4.79 Å². The van der Waals surface area contributed by atoms with Crippen molar-refractivity contribution in [2.24, 2.45) is 4.99 Å². The van der Waals surface area contributed by atoms with Gasteiger partial charge in [-0.2, -0.15) is 0 Å². The van der Waals surface area contributed by atoms with Crippen LogP contribution in [-0.4, -0.2) is 32.2 Å². The van der Waals surface area contributed by atoms with E-state index in [2.05, 4.69) is 20.3 Å². The van der Waals surface area contributed by atoms with Crippen molar-refractivity contribution in [3.8, 4) is 0 Å². The highest BCUT2D eigenvalue weighted by Gasteiger charge is 2.21. The van der Waals surface area contributed by atoms with Crippen molar-refractivity contribution in [1.29, 1.82) is 0 Å². The second-order valence-corrected chi connectivity index (χ2v) is 4.48. The predicted octanol–water partition coefficient (Wildman–Crippen LogP) is 0.614. The minimum absolute atomic E-state index is 0.0964. The molecule has 0 saturated heterocycles. The Labute approximate surface area is 102 Å². The molecule has 0 bridgehead atoms. The summed E-state index contributed by atoms with van der Waals surface area (Å²) in [7, 11) is 0. The van der Waals surface area contributed by atoms with E-state index in [1.54, 1.807) is 0 Å². The average molecular weight is 250 g/mol. The molecule has 0 saturated carbocycles. The van der Waals surface area contributed by atoms with Gasteiger partial charge in [0.05, 0.1) is 12.2 Å². The molecule has 1 aromatic heterocycles. The Morgan fingerprint density at radius 1 is 1.53 bits per heavy atom. The Bertz CT molecular complexity index is 474. The van der Waals surface area contributed by atoms with Gasteiger partial charge in [-0.15, -0.1) is 0 Å². The zero-order chi connectivity index (χ0) is 12.3. The van der Waals surface area contributed by atoms with Crippen LogP contribution in [0.2, 0.25) is 0 Å². The van der Waals surface area contributed by atoms with Gasteiger partial charge in [0.15, 0.2) is 5.17 Å². The van der Waals surface area contributed by atoms with Gasteiger partial charge in [0, 0.05) is 18.8 Å². The van der Waals surface area contributed by atoms with Crippen LogP contribution in [0.3, 0.4) is 0 Å². The SMILES string of the molecule is C[C@H]1CC(=O)NC(SC(=O)c2cnccn2)=N1. The molecule has 17 heavy (non-hydrogen) atoms. The fraction of sp³-hybridized carbons (Fsp3) is 0.300. The first kappa shape index (κ1) is 11.7. The van der Waals surface area contributed by atoms with Crippen LogP contribution < -0.4 is 5.32 Å². The lowest BCUT2D eigenvalue weighted by Gasteiger charge is -2.16. The monoisotopic (exact) mass is 250 g/mol. The summed E-state index contributed by atoms with van der Waals surface area (Å²) >= 11 is 0.858. The quantitative estimate of drug-likeness (QED) is 0.789. The molecular formula is C10H10N4O2S. The molecule has 6 nitrogen and oxygen atoms in total. The Kier molecular flexibility index (Phi) is 3.48. The minimum Gasteiger partial charge on any atom is -0.305 e. The van der Waals surface area contributed by atoms with Crippen LogP contribution in [0.15, 0.2) is 23.6 Å². The summed E-state index contributed by atoms with van der Waals surface area (Å²) in [4.78, 5) is 34.9. The molecule has 0 fully saturated rings. The molecule has 0 radical (unpaired) electrons. The molecular weight excluding hydrogens is 240 g/mol. The maximum atomic E-state index is 11.8. The second-order valence-electron chi connectivity index (χ2n) is 3.52. The number of hydrogen-bond donors (Lipinski definition) is 1. The number of nitrogens with zero attached hydrogens (tertiary/aromatic N) is 3. The van der Waals surface area contributed by atoms with Gasteiger partial charge in [-0.05, 0) is 18.7 Å². The molecule has 2 heterocycles. The zero-order valence-electron chi connectivity index (χ0n) is 9.08. The molecule has 0 aliphatic carbocycles. The molecule has 1 amide bonds. The number of hydrogen-bond acceptors (Lipinski definition) is 6. The summed E-state index contributed by atoms with van der Waals surface area (Å²) < 4.78 is 0. The topological polar surface area (TPSA) is 84.3 Å². The number of nitrogens with one attached hydrogen (secondary N) is 1. The van der Waals surface area contributed by atoms with Crippen molar-refractivity contribution < 1.29 is 9.59 Å². The first-order valence-electron chi connectivity index (χ1n) is 5.01. The van der Waals surface area contributed by atoms with Gasteiger partial charge in [0.2, 0.25) is 11.0 Å². The molecule has 7 heteroatoms. The van der Waals surface area contributed by atoms with Crippen molar-refractivity contribution >= 4 is 28.0 Å². The molecule has 0 aromatic carbocycles. The molecule has 1 aliphatic heterocycles. The van der Waals surface area contributed by atoms with E-state index in [4.69, 9.17) is 0 Å². The first-order valence-corrected chi connectivity index (χ1v) is 5.82. The average Bonchev–Trinajstić information content (AvgIpc) is 2.28. The number of amides is 1. The van der Waals surface area contributed by atoms with Gasteiger partial charge < -0.3 is 5.32 Å². The number of carbonyl (C=O) groups excluding carboxylic acids is 2. The van der Waals surface area contributed by atoms with Crippen molar-refractivity contribution in [1.82, 2.24) is 15.3 Å². The van der Waals surface area contributed by atoms with Crippen molar-refractivity contribution in [3.05, 3.63) is 24.3 Å². The third-order valence-corrected chi connectivity index (χ3v) is 2.82. The first-order chi connectivity index (χ1) is 8.15. The van der Waals surface area contributed by atoms with Crippen LogP contribution >= 0.6 is 11.8 Å². The number of aromatic nitrogens is 2. The molecule has 1 N–H and O–H groups in total. The Morgan fingerprint density at radius 2 is 2.35 bits per heavy atom. The highest BCUT2D eigenvalue weighted by molar-refractivity contribution is 8.26. The van der Waals surface area contributed by atoms with Crippen molar-refractivity contribution in [2.45, 2.75) is 19.4 Å². The van der Waals surface area contributed by atoms with E-state index in [0.717, 1.165) is 11.8 Å². The number of rotatable bonds is 1. The Balaban J connectivity index is 2.07. The largest absolute Gasteiger partial charge is 0.305 e. The van der Waals surface area contributed by atoms with Gasteiger partial charge in [-0.25, -0.2) is 4.98 Å². The van der Waals surface area contributed by atoms with Gasteiger partial charge in [-0.3, -0.25) is 19.6 Å². The summed E-state index contributed by atoms with van der Waals surface area (Å²) in [5, 5.41) is 2.59. The smallest absolute Gasteiger partial charge is 0.246 e. The molecule has 1 aliphatic rings. The number of carbonyl (C=O) groups is 2. The molecule has 0 spiro atoms. The number of aliphatic imine (C=N–C) groups is 1. The summed E-state index contributed by atoms with van der Waals surface area (Å²) in [5.41, 5.74) is 0.243. The zero-order valence-corrected chi connectivity index (χ0v) is 9.90. The highest BCUT2D eigenvalue weighted by atomic mass is 32.2. The van der Waals surface area contributed by atoms with Crippen molar-refractivity contribution in [2.75, 3.05) is 0 Å². The van der Waals surface area contributed by atoms with E-state index in [9.17, 15) is 9.59 Å². The van der Waals surface area contributed by atoms with Crippen LogP contribution in [0, 0.1) is 0 Å². The predicted molar refractivity (Wildman–Crippen MR) is 63.6 cm³/mol. The molecule has 1 atom stereocenters. The maximum absolute atomic E-state index is 11.8. The lowest BCUT2D eigenvalue weighted by Crippen LogP contribution is -2.36. The summed E-state index contributed by atoms with van der Waals surface area (Å²) in [6, 6.07) is -0.0964. The number of thioether (sulfide) groups is 1. The lowest BCUT2D eigenvalue weighted by molar-refractivity contribution is -0.120. The van der Waals surface area contributed by atoms with E-state index in [1.165, 1.54) is 18.6 Å². The maximum Gasteiger partial charge on any atom is 0.246 e. The van der Waals surface area contributed by atoms with E-state index in [0.29, 0.717) is 11.6 Å². The van der Waals surface area contributed by atoms with Crippen LogP contribution in [0.5, 0.6) is 0 Å². The molecule has 2 rings (SSSR count). The van der Waals surface area contributed by atoms with Crippen LogP contribution in [0.4, 0.5) is 0 Å². The number of amidine groups is 1. The second kappa shape index (κ2) is 5.05. The van der Waals surface area contributed by atoms with E-state index < -0.39 is 0 Å². The van der Waals surface area contributed by atoms with Crippen LogP contribution in [0.25, 0.3) is 0 Å². The van der Waals surface area contributed by atoms with Gasteiger partial charge >= 0.3 is 0 Å². The van der Waals surface area contributed by atoms with E-state index >= 15 is 0 Å². The van der Waals surface area contributed by atoms with Crippen molar-refractivity contribution in [3.63, 3.8) is 0 Å². The summed E-state index contributed by atoms with van der Waals surface area (Å²) in [6.45, 7) is 1.83. The fourth-order valence-corrected chi connectivity index (χ4v) is 2.10. The summed E-state index contributed by atoms with van der Waals surface area (Å²) in [6.07, 6.45) is 4.66. The lowest BCUT2D eigenvalue weighted by atomic mass is 10.2. The highest BCUT2D eigenvalue weighted by Crippen LogP contribution is 2.14. The normalized spacial score (nSPS) is 19.5. The van der Waals surface area contributed by atoms with Gasteiger partial charge in [0.25, 0.3) is 0 Å². The Morgan fingerprint density at radius 3 is 3.00 bits per heavy atom. The molecule has 1 aromatic rings. The van der Waals surface area contributed by atoms with E-state index in [-0.39, 0.29) is 22.8 Å². The third-order valence-electron chi connectivity index (χ3n) is 2.03. The van der Waals surface area contributed by atoms with Crippen LogP contribution in [0.1, 0.15) is 23.8 Å². The van der Waals surface area contributed by atoms with Gasteiger partial charge in [-0.1, -0.05) is 0 Å². The summed E-state index contributed by atoms with van der Waals surface area (Å²) in [5.74, 6) is -0.123. The fourth-order valence-electron chi connectivity index (χ4n) is 1.31. The van der Waals surface area contributed by atoms with E-state index in [1.807, 2.05) is 6.92 Å².